The standard InChI is InChI=1S/C15H21BrO2/c1-10(2)9-11(3)14(15(17)18-4)12-5-7-13(16)8-6-12/h5-8,10-11,14H,9H2,1-4H3/t11-,14+/m0/s1. The summed E-state index contributed by atoms with van der Waals surface area (Å²) in [7, 11) is 1.45. The highest BCUT2D eigenvalue weighted by Gasteiger charge is 2.28. The van der Waals surface area contributed by atoms with Crippen LogP contribution in [0.5, 0.6) is 0 Å². The smallest absolute Gasteiger partial charge is 0.313 e. The molecule has 0 spiro atoms. The second kappa shape index (κ2) is 6.93. The van der Waals surface area contributed by atoms with Crippen LogP contribution in [-0.4, -0.2) is 13.1 Å². The van der Waals surface area contributed by atoms with Crippen LogP contribution in [0.1, 0.15) is 38.7 Å². The molecule has 1 aromatic rings. The van der Waals surface area contributed by atoms with Crippen molar-refractivity contribution in [3.8, 4) is 0 Å². The van der Waals surface area contributed by atoms with Gasteiger partial charge < -0.3 is 4.74 Å². The van der Waals surface area contributed by atoms with E-state index in [2.05, 4.69) is 36.7 Å². The van der Waals surface area contributed by atoms with Crippen LogP contribution in [0.2, 0.25) is 0 Å². The maximum absolute atomic E-state index is 12.0. The summed E-state index contributed by atoms with van der Waals surface area (Å²) in [6.45, 7) is 6.46. The summed E-state index contributed by atoms with van der Waals surface area (Å²) in [4.78, 5) is 12.0. The molecule has 0 aliphatic carbocycles. The molecule has 0 unspecified atom stereocenters. The zero-order valence-electron chi connectivity index (χ0n) is 11.4. The highest BCUT2D eigenvalue weighted by molar-refractivity contribution is 9.10. The molecule has 0 aromatic heterocycles. The van der Waals surface area contributed by atoms with E-state index in [1.807, 2.05) is 24.3 Å². The number of methoxy groups -OCH3 is 1. The third kappa shape index (κ3) is 4.13. The lowest BCUT2D eigenvalue weighted by molar-refractivity contribution is -0.143. The first-order valence-corrected chi connectivity index (χ1v) is 7.08. The molecule has 18 heavy (non-hydrogen) atoms. The number of ether oxygens (including phenoxy) is 1. The second-order valence-electron chi connectivity index (χ2n) is 5.16. The summed E-state index contributed by atoms with van der Waals surface area (Å²) >= 11 is 3.41. The molecule has 0 saturated carbocycles. The molecule has 0 bridgehead atoms. The maximum Gasteiger partial charge on any atom is 0.313 e. The molecule has 2 atom stereocenters. The van der Waals surface area contributed by atoms with Gasteiger partial charge in [0.05, 0.1) is 13.0 Å². The Balaban J connectivity index is 2.97. The Morgan fingerprint density at radius 1 is 1.22 bits per heavy atom. The lowest BCUT2D eigenvalue weighted by Crippen LogP contribution is -2.22. The molecular formula is C15H21BrO2. The maximum atomic E-state index is 12.0. The van der Waals surface area contributed by atoms with Crippen molar-refractivity contribution in [1.82, 2.24) is 0 Å². The van der Waals surface area contributed by atoms with Gasteiger partial charge in [0, 0.05) is 4.47 Å². The third-order valence-electron chi connectivity index (χ3n) is 3.10. The number of halogens is 1. The summed E-state index contributed by atoms with van der Waals surface area (Å²) < 4.78 is 5.97. The van der Waals surface area contributed by atoms with Gasteiger partial charge in [-0.3, -0.25) is 4.79 Å². The van der Waals surface area contributed by atoms with Gasteiger partial charge in [-0.25, -0.2) is 0 Å². The number of rotatable bonds is 5. The van der Waals surface area contributed by atoms with Gasteiger partial charge in [-0.2, -0.15) is 0 Å². The molecule has 0 saturated heterocycles. The van der Waals surface area contributed by atoms with Crippen LogP contribution in [0.25, 0.3) is 0 Å². The quantitative estimate of drug-likeness (QED) is 0.754. The van der Waals surface area contributed by atoms with Crippen molar-refractivity contribution in [2.24, 2.45) is 11.8 Å². The third-order valence-corrected chi connectivity index (χ3v) is 3.63. The first kappa shape index (κ1) is 15.2. The highest BCUT2D eigenvalue weighted by atomic mass is 79.9. The minimum Gasteiger partial charge on any atom is -0.469 e. The Bertz CT molecular complexity index is 384. The van der Waals surface area contributed by atoms with E-state index in [4.69, 9.17) is 4.74 Å². The van der Waals surface area contributed by atoms with Crippen molar-refractivity contribution in [1.29, 1.82) is 0 Å². The fourth-order valence-corrected chi connectivity index (χ4v) is 2.64. The van der Waals surface area contributed by atoms with Crippen LogP contribution in [0.15, 0.2) is 28.7 Å². The Labute approximate surface area is 118 Å². The Morgan fingerprint density at radius 3 is 2.22 bits per heavy atom. The predicted molar refractivity (Wildman–Crippen MR) is 77.5 cm³/mol. The number of benzene rings is 1. The number of hydrogen-bond acceptors (Lipinski definition) is 2. The Hall–Kier alpha value is -0.830. The molecule has 0 aliphatic rings. The lowest BCUT2D eigenvalue weighted by atomic mass is 9.82. The van der Waals surface area contributed by atoms with E-state index in [0.717, 1.165) is 16.5 Å². The fourth-order valence-electron chi connectivity index (χ4n) is 2.37. The summed E-state index contributed by atoms with van der Waals surface area (Å²) in [6, 6.07) is 7.91. The van der Waals surface area contributed by atoms with Gasteiger partial charge in [0.15, 0.2) is 0 Å². The first-order chi connectivity index (χ1) is 8.45. The van der Waals surface area contributed by atoms with Crippen molar-refractivity contribution in [2.75, 3.05) is 7.11 Å². The molecule has 0 aliphatic heterocycles. The van der Waals surface area contributed by atoms with Crippen LogP contribution in [0, 0.1) is 11.8 Å². The van der Waals surface area contributed by atoms with E-state index >= 15 is 0 Å². The molecule has 0 fully saturated rings. The van der Waals surface area contributed by atoms with Crippen LogP contribution in [-0.2, 0) is 9.53 Å². The van der Waals surface area contributed by atoms with E-state index in [0.29, 0.717) is 5.92 Å². The molecule has 1 aromatic carbocycles. The van der Waals surface area contributed by atoms with E-state index in [-0.39, 0.29) is 17.8 Å². The fraction of sp³-hybridized carbons (Fsp3) is 0.533. The second-order valence-corrected chi connectivity index (χ2v) is 6.07. The van der Waals surface area contributed by atoms with Crippen molar-refractivity contribution < 1.29 is 9.53 Å². The van der Waals surface area contributed by atoms with Gasteiger partial charge in [0.1, 0.15) is 0 Å². The minimum atomic E-state index is -0.175. The summed E-state index contributed by atoms with van der Waals surface area (Å²) in [5.74, 6) is 0.525. The molecular weight excluding hydrogens is 292 g/mol. The minimum absolute atomic E-state index is 0.148. The number of carbonyl (C=O) groups is 1. The van der Waals surface area contributed by atoms with Crippen LogP contribution < -0.4 is 0 Å². The number of hydrogen-bond donors (Lipinski definition) is 0. The van der Waals surface area contributed by atoms with Gasteiger partial charge in [-0.1, -0.05) is 48.8 Å². The van der Waals surface area contributed by atoms with E-state index in [1.165, 1.54) is 7.11 Å². The normalized spacial score (nSPS) is 14.3. The van der Waals surface area contributed by atoms with Crippen LogP contribution in [0.3, 0.4) is 0 Å². The van der Waals surface area contributed by atoms with Gasteiger partial charge >= 0.3 is 5.97 Å². The molecule has 0 N–H and O–H groups in total. The topological polar surface area (TPSA) is 26.3 Å². The lowest BCUT2D eigenvalue weighted by Gasteiger charge is -2.23. The monoisotopic (exact) mass is 312 g/mol. The van der Waals surface area contributed by atoms with Crippen molar-refractivity contribution >= 4 is 21.9 Å². The van der Waals surface area contributed by atoms with E-state index in [1.54, 1.807) is 0 Å². The average molecular weight is 313 g/mol. The van der Waals surface area contributed by atoms with E-state index in [9.17, 15) is 4.79 Å². The zero-order valence-corrected chi connectivity index (χ0v) is 13.0. The van der Waals surface area contributed by atoms with Gasteiger partial charge in [-0.15, -0.1) is 0 Å². The average Bonchev–Trinajstić information content (AvgIpc) is 2.30. The summed E-state index contributed by atoms with van der Waals surface area (Å²) in [5, 5.41) is 0. The van der Waals surface area contributed by atoms with Crippen molar-refractivity contribution in [3.63, 3.8) is 0 Å². The van der Waals surface area contributed by atoms with E-state index < -0.39 is 0 Å². The first-order valence-electron chi connectivity index (χ1n) is 6.29. The largest absolute Gasteiger partial charge is 0.469 e. The summed E-state index contributed by atoms with van der Waals surface area (Å²) in [5.41, 5.74) is 1.03. The highest BCUT2D eigenvalue weighted by Crippen LogP contribution is 2.31. The van der Waals surface area contributed by atoms with Crippen LogP contribution in [0.4, 0.5) is 0 Å². The molecule has 1 rings (SSSR count). The van der Waals surface area contributed by atoms with Crippen molar-refractivity contribution in [3.05, 3.63) is 34.3 Å². The predicted octanol–water partition coefficient (Wildman–Crippen LogP) is 4.39. The molecule has 100 valence electrons. The summed E-state index contributed by atoms with van der Waals surface area (Å²) in [6.07, 6.45) is 1.01. The van der Waals surface area contributed by atoms with Crippen LogP contribution >= 0.6 is 15.9 Å². The molecule has 3 heteroatoms. The van der Waals surface area contributed by atoms with Crippen molar-refractivity contribution in [2.45, 2.75) is 33.1 Å². The molecule has 2 nitrogen and oxygen atoms in total. The van der Waals surface area contributed by atoms with Gasteiger partial charge in [0.2, 0.25) is 0 Å². The Kier molecular flexibility index (Phi) is 5.86. The van der Waals surface area contributed by atoms with Gasteiger partial charge in [-0.05, 0) is 36.0 Å². The zero-order chi connectivity index (χ0) is 13.7. The molecule has 0 radical (unpaired) electrons. The molecule has 0 amide bonds. The number of carbonyl (C=O) groups excluding carboxylic acids is 1. The Morgan fingerprint density at radius 2 is 1.78 bits per heavy atom. The SMILES string of the molecule is COC(=O)[C@@H](c1ccc(Br)cc1)[C@@H](C)CC(C)C. The van der Waals surface area contributed by atoms with Gasteiger partial charge in [0.25, 0.3) is 0 Å². The number of esters is 1. The molecule has 0 heterocycles.